The Labute approximate surface area is 154 Å². The number of carbonyl (C=O) groups is 3. The van der Waals surface area contributed by atoms with Crippen LogP contribution in [0.3, 0.4) is 0 Å². The highest BCUT2D eigenvalue weighted by atomic mass is 35.5. The van der Waals surface area contributed by atoms with Crippen LogP contribution >= 0.6 is 22.9 Å². The van der Waals surface area contributed by atoms with Gasteiger partial charge in [0.1, 0.15) is 0 Å². The van der Waals surface area contributed by atoms with Crippen molar-refractivity contribution < 1.29 is 14.4 Å². The van der Waals surface area contributed by atoms with Crippen LogP contribution < -0.4 is 10.6 Å². The molecule has 0 saturated heterocycles. The Hall–Kier alpha value is -2.38. The lowest BCUT2D eigenvalue weighted by Crippen LogP contribution is -2.41. The third-order valence-electron chi connectivity index (χ3n) is 3.30. The maximum absolute atomic E-state index is 12.0. The molecule has 1 aromatic heterocycles. The average molecular weight is 380 g/mol. The number of carbonyl (C=O) groups excluding carboxylic acids is 3. The van der Waals surface area contributed by atoms with Crippen molar-refractivity contribution in [3.8, 4) is 0 Å². The van der Waals surface area contributed by atoms with E-state index in [2.05, 4.69) is 10.6 Å². The largest absolute Gasteiger partial charge is 0.342 e. The molecule has 0 unspecified atom stereocenters. The maximum atomic E-state index is 12.0. The number of nitrogens with one attached hydrogen (secondary N) is 2. The van der Waals surface area contributed by atoms with Crippen molar-refractivity contribution in [3.05, 3.63) is 51.2 Å². The van der Waals surface area contributed by atoms with Gasteiger partial charge in [0.2, 0.25) is 11.8 Å². The number of amides is 3. The van der Waals surface area contributed by atoms with E-state index in [0.29, 0.717) is 15.6 Å². The number of halogens is 1. The minimum absolute atomic E-state index is 0.116. The van der Waals surface area contributed by atoms with E-state index in [-0.39, 0.29) is 30.8 Å². The molecule has 1 heterocycles. The molecule has 0 aliphatic carbocycles. The van der Waals surface area contributed by atoms with E-state index in [1.807, 2.05) is 13.0 Å². The molecule has 3 amide bonds. The van der Waals surface area contributed by atoms with Crippen LogP contribution in [0.4, 0.5) is 5.69 Å². The Morgan fingerprint density at radius 1 is 1.12 bits per heavy atom. The smallest absolute Gasteiger partial charge is 0.261 e. The number of thiophene rings is 1. The molecule has 0 saturated carbocycles. The molecule has 2 aromatic rings. The van der Waals surface area contributed by atoms with E-state index in [1.165, 1.54) is 23.3 Å². The fraction of sp³-hybridized carbons (Fsp3) is 0.235. The Bertz CT molecular complexity index is 774. The molecule has 25 heavy (non-hydrogen) atoms. The number of nitrogens with zero attached hydrogens (tertiary/aromatic N) is 1. The van der Waals surface area contributed by atoms with E-state index in [4.69, 9.17) is 11.6 Å². The molecule has 132 valence electrons. The van der Waals surface area contributed by atoms with Gasteiger partial charge in [0.25, 0.3) is 5.91 Å². The summed E-state index contributed by atoms with van der Waals surface area (Å²) >= 11 is 7.14. The average Bonchev–Trinajstić information content (AvgIpc) is 3.00. The molecular formula is C17H18ClN3O3S. The quantitative estimate of drug-likeness (QED) is 0.809. The monoisotopic (exact) mass is 379 g/mol. The summed E-state index contributed by atoms with van der Waals surface area (Å²) < 4.78 is 0. The molecule has 0 atom stereocenters. The first-order valence-corrected chi connectivity index (χ1v) is 8.68. The number of likely N-dealkylation sites (N-methyl/N-ethyl adjacent to an activating group) is 1. The van der Waals surface area contributed by atoms with Gasteiger partial charge in [-0.1, -0.05) is 11.6 Å². The van der Waals surface area contributed by atoms with Crippen LogP contribution in [-0.2, 0) is 9.59 Å². The number of rotatable bonds is 6. The van der Waals surface area contributed by atoms with Gasteiger partial charge in [-0.25, -0.2) is 0 Å². The van der Waals surface area contributed by atoms with E-state index >= 15 is 0 Å². The summed E-state index contributed by atoms with van der Waals surface area (Å²) in [6, 6.07) is 10.2. The SMILES string of the molecule is Cc1ccc(C(=O)NCC(=O)N(C)CC(=O)Nc2ccc(Cl)cc2)s1. The summed E-state index contributed by atoms with van der Waals surface area (Å²) in [6.07, 6.45) is 0. The second-order valence-corrected chi connectivity index (χ2v) is 7.12. The normalized spacial score (nSPS) is 10.2. The molecule has 6 nitrogen and oxygen atoms in total. The number of anilines is 1. The number of benzene rings is 1. The first-order valence-electron chi connectivity index (χ1n) is 7.49. The summed E-state index contributed by atoms with van der Waals surface area (Å²) in [5.74, 6) is -0.989. The van der Waals surface area contributed by atoms with E-state index in [1.54, 1.807) is 30.3 Å². The van der Waals surface area contributed by atoms with Gasteiger partial charge in [-0.2, -0.15) is 0 Å². The first kappa shape index (κ1) is 19.0. The predicted octanol–water partition coefficient (Wildman–Crippen LogP) is 2.54. The van der Waals surface area contributed by atoms with Gasteiger partial charge in [0.15, 0.2) is 0 Å². The van der Waals surface area contributed by atoms with Crippen LogP contribution in [0.1, 0.15) is 14.5 Å². The molecule has 2 N–H and O–H groups in total. The highest BCUT2D eigenvalue weighted by molar-refractivity contribution is 7.13. The first-order chi connectivity index (χ1) is 11.8. The Morgan fingerprint density at radius 3 is 2.40 bits per heavy atom. The second-order valence-electron chi connectivity index (χ2n) is 5.40. The van der Waals surface area contributed by atoms with Gasteiger partial charge in [-0.3, -0.25) is 14.4 Å². The van der Waals surface area contributed by atoms with Crippen LogP contribution in [-0.4, -0.2) is 42.8 Å². The molecular weight excluding hydrogens is 362 g/mol. The third kappa shape index (κ3) is 5.88. The van der Waals surface area contributed by atoms with E-state index in [0.717, 1.165) is 4.88 Å². The van der Waals surface area contributed by atoms with Crippen LogP contribution in [0, 0.1) is 6.92 Å². The zero-order valence-electron chi connectivity index (χ0n) is 13.8. The Kier molecular flexibility index (Phi) is 6.55. The zero-order chi connectivity index (χ0) is 18.4. The summed E-state index contributed by atoms with van der Waals surface area (Å²) in [6.45, 7) is 1.62. The van der Waals surface area contributed by atoms with Gasteiger partial charge >= 0.3 is 0 Å². The third-order valence-corrected chi connectivity index (χ3v) is 4.55. The van der Waals surface area contributed by atoms with Crippen molar-refractivity contribution in [2.75, 3.05) is 25.5 Å². The predicted molar refractivity (Wildman–Crippen MR) is 99.1 cm³/mol. The van der Waals surface area contributed by atoms with Crippen molar-refractivity contribution in [1.29, 1.82) is 0 Å². The fourth-order valence-corrected chi connectivity index (χ4v) is 2.88. The summed E-state index contributed by atoms with van der Waals surface area (Å²) in [7, 11) is 1.51. The van der Waals surface area contributed by atoms with Crippen LogP contribution in [0.5, 0.6) is 0 Å². The minimum Gasteiger partial charge on any atom is -0.342 e. The van der Waals surface area contributed by atoms with Crippen LogP contribution in [0.2, 0.25) is 5.02 Å². The molecule has 0 radical (unpaired) electrons. The highest BCUT2D eigenvalue weighted by Gasteiger charge is 2.15. The Morgan fingerprint density at radius 2 is 1.80 bits per heavy atom. The number of hydrogen-bond donors (Lipinski definition) is 2. The molecule has 0 bridgehead atoms. The second kappa shape index (κ2) is 8.64. The number of aryl methyl sites for hydroxylation is 1. The molecule has 2 rings (SSSR count). The van der Waals surface area contributed by atoms with Crippen molar-refractivity contribution in [3.63, 3.8) is 0 Å². The van der Waals surface area contributed by atoms with Crippen LogP contribution in [0.25, 0.3) is 0 Å². The highest BCUT2D eigenvalue weighted by Crippen LogP contribution is 2.14. The van der Waals surface area contributed by atoms with Crippen LogP contribution in [0.15, 0.2) is 36.4 Å². The lowest BCUT2D eigenvalue weighted by atomic mass is 10.3. The molecule has 0 aliphatic heterocycles. The van der Waals surface area contributed by atoms with Gasteiger partial charge in [0.05, 0.1) is 18.0 Å². The van der Waals surface area contributed by atoms with Gasteiger partial charge in [0, 0.05) is 22.6 Å². The lowest BCUT2D eigenvalue weighted by molar-refractivity contribution is -0.132. The molecule has 0 fully saturated rings. The maximum Gasteiger partial charge on any atom is 0.261 e. The molecule has 1 aromatic carbocycles. The zero-order valence-corrected chi connectivity index (χ0v) is 15.4. The summed E-state index contributed by atoms with van der Waals surface area (Å²) in [4.78, 5) is 38.7. The van der Waals surface area contributed by atoms with E-state index < -0.39 is 0 Å². The standard InChI is InChI=1S/C17H18ClN3O3S/c1-11-3-8-14(25-11)17(24)19-9-16(23)21(2)10-15(22)20-13-6-4-12(18)5-7-13/h3-8H,9-10H2,1-2H3,(H,19,24)(H,20,22). The lowest BCUT2D eigenvalue weighted by Gasteiger charge is -2.17. The minimum atomic E-state index is -0.354. The van der Waals surface area contributed by atoms with Crippen molar-refractivity contribution >= 4 is 46.3 Å². The van der Waals surface area contributed by atoms with Crippen molar-refractivity contribution in [2.24, 2.45) is 0 Å². The number of hydrogen-bond acceptors (Lipinski definition) is 4. The van der Waals surface area contributed by atoms with Crippen molar-refractivity contribution in [2.45, 2.75) is 6.92 Å². The Balaban J connectivity index is 1.78. The topological polar surface area (TPSA) is 78.5 Å². The van der Waals surface area contributed by atoms with Crippen molar-refractivity contribution in [1.82, 2.24) is 10.2 Å². The summed E-state index contributed by atoms with van der Waals surface area (Å²) in [5.41, 5.74) is 0.594. The molecule has 0 aliphatic rings. The van der Waals surface area contributed by atoms with Gasteiger partial charge < -0.3 is 15.5 Å². The molecule has 8 heteroatoms. The van der Waals surface area contributed by atoms with E-state index in [9.17, 15) is 14.4 Å². The van der Waals surface area contributed by atoms with Gasteiger partial charge in [-0.05, 0) is 43.3 Å². The van der Waals surface area contributed by atoms with Gasteiger partial charge in [-0.15, -0.1) is 11.3 Å². The summed E-state index contributed by atoms with van der Waals surface area (Å²) in [5, 5.41) is 5.80. The fourth-order valence-electron chi connectivity index (χ4n) is 1.97. The molecule has 0 spiro atoms.